The number of hydrogen-bond donors (Lipinski definition) is 0. The van der Waals surface area contributed by atoms with Crippen molar-refractivity contribution >= 4 is 29.8 Å². The third-order valence-electron chi connectivity index (χ3n) is 6.56. The molecule has 2 aliphatic rings. The summed E-state index contributed by atoms with van der Waals surface area (Å²) in [6.45, 7) is 1.87. The third kappa shape index (κ3) is 10.5. The minimum absolute atomic E-state index is 0.0626. The molecule has 2 unspecified atom stereocenters. The van der Waals surface area contributed by atoms with Crippen LogP contribution in [0.1, 0.15) is 36.5 Å². The quantitative estimate of drug-likeness (QED) is 0.234. The first kappa shape index (κ1) is 30.9. The van der Waals surface area contributed by atoms with Gasteiger partial charge in [0.25, 0.3) is 0 Å². The molecule has 214 valence electrons. The third-order valence-corrected chi connectivity index (χ3v) is 6.56. The highest BCUT2D eigenvalue weighted by atomic mass is 16.6. The van der Waals surface area contributed by atoms with Gasteiger partial charge in [0.2, 0.25) is 0 Å². The van der Waals surface area contributed by atoms with Crippen LogP contribution in [0.15, 0.2) is 91.0 Å². The molecule has 0 aliphatic carbocycles. The molecule has 8 nitrogen and oxygen atoms in total. The lowest BCUT2D eigenvalue weighted by Gasteiger charge is -2.08. The van der Waals surface area contributed by atoms with Crippen LogP contribution in [0.2, 0.25) is 0 Å². The highest BCUT2D eigenvalue weighted by molar-refractivity contribution is 5.95. The topological polar surface area (TPSA) is 113 Å². The summed E-state index contributed by atoms with van der Waals surface area (Å²) in [4.78, 5) is 55.0. The molecule has 3 atom stereocenters. The number of methoxy groups -OCH3 is 1. The average Bonchev–Trinajstić information content (AvgIpc) is 3.47. The highest BCUT2D eigenvalue weighted by Gasteiger charge is 2.33. The van der Waals surface area contributed by atoms with Crippen LogP contribution >= 0.6 is 0 Å². The predicted molar refractivity (Wildman–Crippen MR) is 150 cm³/mol. The highest BCUT2D eigenvalue weighted by Crippen LogP contribution is 2.21. The summed E-state index contributed by atoms with van der Waals surface area (Å²) in [6.07, 6.45) is 2.35. The van der Waals surface area contributed by atoms with E-state index in [4.69, 9.17) is 0 Å². The van der Waals surface area contributed by atoms with Crippen LogP contribution in [0.5, 0.6) is 0 Å². The molecule has 2 saturated heterocycles. The summed E-state index contributed by atoms with van der Waals surface area (Å²) in [7, 11) is 1.42. The Morgan fingerprint density at radius 1 is 0.683 bits per heavy atom. The van der Waals surface area contributed by atoms with Crippen LogP contribution in [0.25, 0.3) is 0 Å². The minimum Gasteiger partial charge on any atom is -0.469 e. The fourth-order valence-electron chi connectivity index (χ4n) is 4.40. The van der Waals surface area contributed by atoms with Gasteiger partial charge in [-0.15, -0.1) is 0 Å². The number of carbonyl (C=O) groups excluding carboxylic acids is 5. The fraction of sp³-hybridized carbons (Fsp3) is 0.303. The van der Waals surface area contributed by atoms with E-state index in [0.29, 0.717) is 12.8 Å². The molecule has 3 aromatic rings. The average molecular weight is 559 g/mol. The summed E-state index contributed by atoms with van der Waals surface area (Å²) in [5.41, 5.74) is 3.29. The molecular weight excluding hydrogens is 524 g/mol. The van der Waals surface area contributed by atoms with Gasteiger partial charge in [0.1, 0.15) is 0 Å². The van der Waals surface area contributed by atoms with Crippen LogP contribution in [0.3, 0.4) is 0 Å². The Morgan fingerprint density at radius 2 is 1.05 bits per heavy atom. The summed E-state index contributed by atoms with van der Waals surface area (Å²) in [6, 6.07) is 29.2. The molecule has 0 spiro atoms. The minimum atomic E-state index is -0.407. The van der Waals surface area contributed by atoms with Crippen molar-refractivity contribution in [3.63, 3.8) is 0 Å². The maximum atomic E-state index is 11.1. The van der Waals surface area contributed by atoms with Gasteiger partial charge >= 0.3 is 29.8 Å². The second-order valence-electron chi connectivity index (χ2n) is 9.88. The summed E-state index contributed by atoms with van der Waals surface area (Å²) in [5, 5.41) is 0. The molecule has 2 aliphatic heterocycles. The molecule has 0 amide bonds. The van der Waals surface area contributed by atoms with E-state index in [1.165, 1.54) is 12.7 Å². The van der Waals surface area contributed by atoms with Crippen LogP contribution in [0, 0.1) is 17.8 Å². The van der Waals surface area contributed by atoms with Gasteiger partial charge in [-0.2, -0.15) is 0 Å². The zero-order valence-electron chi connectivity index (χ0n) is 23.2. The van der Waals surface area contributed by atoms with Gasteiger partial charge in [0, 0.05) is 0 Å². The second-order valence-corrected chi connectivity index (χ2v) is 9.88. The standard InChI is InChI=1S/2C11H10O3.C11H14O2/c2*12-10-7-9(11(13)14-10)6-8-4-2-1-3-5-8;1-9(11(12)13-2)8-10-6-4-3-5-7-10/h2*1-5,9H,6-7H2;3-7,9H,8H2,1-2H3/t9-;;/m1../s1. The Balaban J connectivity index is 0.000000169. The first-order valence-electron chi connectivity index (χ1n) is 13.4. The molecular formula is C33H34O8. The number of ether oxygens (including phenoxy) is 3. The Hall–Kier alpha value is -4.59. The van der Waals surface area contributed by atoms with Gasteiger partial charge in [0.05, 0.1) is 37.7 Å². The molecule has 3 aromatic carbocycles. The van der Waals surface area contributed by atoms with E-state index in [2.05, 4.69) is 14.2 Å². The van der Waals surface area contributed by atoms with Crippen molar-refractivity contribution in [2.24, 2.45) is 17.8 Å². The molecule has 2 heterocycles. The van der Waals surface area contributed by atoms with Crippen LogP contribution in [0.4, 0.5) is 0 Å². The number of benzene rings is 3. The lowest BCUT2D eigenvalue weighted by Crippen LogP contribution is -2.14. The van der Waals surface area contributed by atoms with E-state index in [1.54, 1.807) is 0 Å². The number of esters is 5. The molecule has 0 N–H and O–H groups in total. The zero-order valence-corrected chi connectivity index (χ0v) is 23.2. The van der Waals surface area contributed by atoms with E-state index in [1.807, 2.05) is 97.9 Å². The van der Waals surface area contributed by atoms with Gasteiger partial charge in [-0.05, 0) is 36.0 Å². The molecule has 8 heteroatoms. The van der Waals surface area contributed by atoms with Gasteiger partial charge in [-0.1, -0.05) is 97.9 Å². The van der Waals surface area contributed by atoms with E-state index >= 15 is 0 Å². The van der Waals surface area contributed by atoms with Crippen molar-refractivity contribution < 1.29 is 38.2 Å². The van der Waals surface area contributed by atoms with Gasteiger partial charge < -0.3 is 14.2 Å². The van der Waals surface area contributed by atoms with Crippen molar-refractivity contribution in [2.45, 2.75) is 39.0 Å². The van der Waals surface area contributed by atoms with E-state index in [-0.39, 0.29) is 48.5 Å². The van der Waals surface area contributed by atoms with Gasteiger partial charge in [-0.3, -0.25) is 24.0 Å². The smallest absolute Gasteiger partial charge is 0.317 e. The van der Waals surface area contributed by atoms with Gasteiger partial charge in [0.15, 0.2) is 0 Å². The fourth-order valence-corrected chi connectivity index (χ4v) is 4.40. The lowest BCUT2D eigenvalue weighted by atomic mass is 9.98. The zero-order chi connectivity index (χ0) is 29.6. The lowest BCUT2D eigenvalue weighted by molar-refractivity contribution is -0.154. The monoisotopic (exact) mass is 558 g/mol. The van der Waals surface area contributed by atoms with Crippen molar-refractivity contribution in [1.82, 2.24) is 0 Å². The number of rotatable bonds is 7. The summed E-state index contributed by atoms with van der Waals surface area (Å²) < 4.78 is 13.6. The second kappa shape index (κ2) is 15.9. The first-order chi connectivity index (χ1) is 19.7. The number of carbonyl (C=O) groups is 5. The number of hydrogen-bond acceptors (Lipinski definition) is 8. The molecule has 0 saturated carbocycles. The Bertz CT molecular complexity index is 1230. The Morgan fingerprint density at radius 3 is 1.37 bits per heavy atom. The summed E-state index contributed by atoms with van der Waals surface area (Å²) in [5.74, 6) is -2.38. The van der Waals surface area contributed by atoms with Crippen molar-refractivity contribution in [1.29, 1.82) is 0 Å². The molecule has 0 bridgehead atoms. The molecule has 0 radical (unpaired) electrons. The molecule has 2 fully saturated rings. The van der Waals surface area contributed by atoms with Crippen LogP contribution in [-0.4, -0.2) is 37.0 Å². The van der Waals surface area contributed by atoms with Crippen LogP contribution in [-0.2, 0) is 57.4 Å². The predicted octanol–water partition coefficient (Wildman–Crippen LogP) is 4.68. The molecule has 0 aromatic heterocycles. The van der Waals surface area contributed by atoms with E-state index < -0.39 is 11.9 Å². The van der Waals surface area contributed by atoms with E-state index in [9.17, 15) is 24.0 Å². The number of cyclic esters (lactones) is 4. The van der Waals surface area contributed by atoms with Gasteiger partial charge in [-0.25, -0.2) is 0 Å². The largest absolute Gasteiger partial charge is 0.469 e. The SMILES string of the molecule is COC(=O)C(C)Cc1ccccc1.O=C1CC(Cc2ccccc2)C(=O)O1.O=C1C[C@@H](Cc2ccccc2)C(=O)O1. The normalized spacial score (nSPS) is 18.2. The van der Waals surface area contributed by atoms with Crippen molar-refractivity contribution in [3.05, 3.63) is 108 Å². The maximum absolute atomic E-state index is 11.1. The van der Waals surface area contributed by atoms with E-state index in [0.717, 1.165) is 17.5 Å². The van der Waals surface area contributed by atoms with Crippen molar-refractivity contribution in [3.8, 4) is 0 Å². The van der Waals surface area contributed by atoms with Crippen LogP contribution < -0.4 is 0 Å². The van der Waals surface area contributed by atoms with Crippen molar-refractivity contribution in [2.75, 3.05) is 7.11 Å². The first-order valence-corrected chi connectivity index (χ1v) is 13.4. The molecule has 41 heavy (non-hydrogen) atoms. The maximum Gasteiger partial charge on any atom is 0.317 e. The Kier molecular flexibility index (Phi) is 12.0. The Labute approximate surface area is 239 Å². The summed E-state index contributed by atoms with van der Waals surface area (Å²) >= 11 is 0. The molecule has 5 rings (SSSR count).